The van der Waals surface area contributed by atoms with Crippen LogP contribution in [0.2, 0.25) is 5.02 Å². The molecule has 0 aliphatic heterocycles. The van der Waals surface area contributed by atoms with Gasteiger partial charge in [0.25, 0.3) is 0 Å². The van der Waals surface area contributed by atoms with Gasteiger partial charge in [0.2, 0.25) is 0 Å². The molecule has 0 aromatic carbocycles. The summed E-state index contributed by atoms with van der Waals surface area (Å²) in [5.74, 6) is 0.753. The highest BCUT2D eigenvalue weighted by molar-refractivity contribution is 6.31. The minimum Gasteiger partial charge on any atom is -0.373 e. The first-order chi connectivity index (χ1) is 9.00. The van der Waals surface area contributed by atoms with Gasteiger partial charge in [0.05, 0.1) is 28.6 Å². The molecule has 19 heavy (non-hydrogen) atoms. The van der Waals surface area contributed by atoms with Crippen molar-refractivity contribution in [3.05, 3.63) is 16.9 Å². The molecule has 1 aromatic rings. The van der Waals surface area contributed by atoms with Crippen molar-refractivity contribution in [3.63, 3.8) is 0 Å². The number of nitrogens with zero attached hydrogens (tertiary/aromatic N) is 2. The number of halogens is 1. The summed E-state index contributed by atoms with van der Waals surface area (Å²) in [5.41, 5.74) is 7.10. The fourth-order valence-electron chi connectivity index (χ4n) is 3.10. The summed E-state index contributed by atoms with van der Waals surface area (Å²) in [5, 5.41) is 4.82. The SMILES string of the molecule is CCOC1(C(N)c2c(Cl)cnn2C)CCC(C)CC1. The summed E-state index contributed by atoms with van der Waals surface area (Å²) in [4.78, 5) is 0. The molecule has 1 aliphatic rings. The summed E-state index contributed by atoms with van der Waals surface area (Å²) >= 11 is 6.23. The second-order valence-electron chi connectivity index (χ2n) is 5.66. The normalized spacial score (nSPS) is 29.4. The van der Waals surface area contributed by atoms with E-state index in [2.05, 4.69) is 12.0 Å². The number of ether oxygens (including phenoxy) is 1. The van der Waals surface area contributed by atoms with Crippen LogP contribution in [0.4, 0.5) is 0 Å². The van der Waals surface area contributed by atoms with Crippen LogP contribution < -0.4 is 5.73 Å². The molecular formula is C14H24ClN3O. The van der Waals surface area contributed by atoms with E-state index in [-0.39, 0.29) is 11.6 Å². The Kier molecular flexibility index (Phi) is 4.54. The minimum atomic E-state index is -0.293. The zero-order chi connectivity index (χ0) is 14.0. The van der Waals surface area contributed by atoms with E-state index in [1.165, 1.54) is 0 Å². The van der Waals surface area contributed by atoms with Gasteiger partial charge in [-0.25, -0.2) is 0 Å². The van der Waals surface area contributed by atoms with Crippen LogP contribution in [0.1, 0.15) is 51.3 Å². The van der Waals surface area contributed by atoms with Crippen LogP contribution in [0.25, 0.3) is 0 Å². The number of aryl methyl sites for hydroxylation is 1. The third kappa shape index (κ3) is 2.81. The van der Waals surface area contributed by atoms with Crippen molar-refractivity contribution in [2.75, 3.05) is 6.61 Å². The Morgan fingerprint density at radius 2 is 2.21 bits per heavy atom. The fraction of sp³-hybridized carbons (Fsp3) is 0.786. The van der Waals surface area contributed by atoms with Gasteiger partial charge in [-0.05, 0) is 38.5 Å². The first kappa shape index (κ1) is 14.8. The second kappa shape index (κ2) is 5.81. The Balaban J connectivity index is 2.29. The van der Waals surface area contributed by atoms with E-state index in [1.54, 1.807) is 10.9 Å². The summed E-state index contributed by atoms with van der Waals surface area (Å²) < 4.78 is 7.86. The van der Waals surface area contributed by atoms with Gasteiger partial charge in [-0.2, -0.15) is 5.10 Å². The van der Waals surface area contributed by atoms with Crippen LogP contribution in [-0.4, -0.2) is 22.0 Å². The Bertz CT molecular complexity index is 405. The van der Waals surface area contributed by atoms with Crippen LogP contribution >= 0.6 is 11.6 Å². The largest absolute Gasteiger partial charge is 0.373 e. The summed E-state index contributed by atoms with van der Waals surface area (Å²) in [6.45, 7) is 4.99. The van der Waals surface area contributed by atoms with Gasteiger partial charge in [-0.1, -0.05) is 18.5 Å². The maximum atomic E-state index is 6.51. The summed E-state index contributed by atoms with van der Waals surface area (Å²) in [6, 6.07) is -0.222. The van der Waals surface area contributed by atoms with Gasteiger partial charge < -0.3 is 10.5 Å². The standard InChI is InChI=1S/C14H24ClN3O/c1-4-19-14(7-5-10(2)6-8-14)13(16)12-11(15)9-17-18(12)3/h9-10,13H,4-8,16H2,1-3H3. The molecule has 0 amide bonds. The second-order valence-corrected chi connectivity index (χ2v) is 6.07. The van der Waals surface area contributed by atoms with Crippen molar-refractivity contribution < 1.29 is 4.74 Å². The van der Waals surface area contributed by atoms with Crippen LogP contribution in [0.5, 0.6) is 0 Å². The Labute approximate surface area is 120 Å². The van der Waals surface area contributed by atoms with E-state index in [1.807, 2.05) is 14.0 Å². The molecule has 1 heterocycles. The van der Waals surface area contributed by atoms with E-state index in [0.29, 0.717) is 11.6 Å². The number of aromatic nitrogens is 2. The highest BCUT2D eigenvalue weighted by Gasteiger charge is 2.42. The van der Waals surface area contributed by atoms with Crippen molar-refractivity contribution >= 4 is 11.6 Å². The average molecular weight is 286 g/mol. The summed E-state index contributed by atoms with van der Waals surface area (Å²) in [7, 11) is 1.88. The third-order valence-corrected chi connectivity index (χ3v) is 4.64. The highest BCUT2D eigenvalue weighted by atomic mass is 35.5. The van der Waals surface area contributed by atoms with Crippen molar-refractivity contribution in [2.24, 2.45) is 18.7 Å². The molecular weight excluding hydrogens is 262 g/mol. The number of rotatable bonds is 4. The Hall–Kier alpha value is -0.580. The lowest BCUT2D eigenvalue weighted by Crippen LogP contribution is -2.47. The third-order valence-electron chi connectivity index (χ3n) is 4.35. The van der Waals surface area contributed by atoms with E-state index >= 15 is 0 Å². The first-order valence-corrected chi connectivity index (χ1v) is 7.45. The minimum absolute atomic E-state index is 0.222. The predicted octanol–water partition coefficient (Wildman–Crippen LogP) is 3.06. The molecule has 1 unspecified atom stereocenters. The Morgan fingerprint density at radius 1 is 1.58 bits per heavy atom. The van der Waals surface area contributed by atoms with Crippen LogP contribution in [-0.2, 0) is 11.8 Å². The first-order valence-electron chi connectivity index (χ1n) is 7.07. The number of hydrogen-bond acceptors (Lipinski definition) is 3. The zero-order valence-electron chi connectivity index (χ0n) is 12.0. The van der Waals surface area contributed by atoms with Gasteiger partial charge in [0.1, 0.15) is 0 Å². The molecule has 1 saturated carbocycles. The molecule has 0 saturated heterocycles. The molecule has 1 atom stereocenters. The smallest absolute Gasteiger partial charge is 0.0890 e. The Morgan fingerprint density at radius 3 is 2.68 bits per heavy atom. The summed E-state index contributed by atoms with van der Waals surface area (Å²) in [6.07, 6.45) is 5.95. The molecule has 1 aliphatic carbocycles. The quantitative estimate of drug-likeness (QED) is 0.925. The molecule has 2 rings (SSSR count). The van der Waals surface area contributed by atoms with Crippen molar-refractivity contribution in [3.8, 4) is 0 Å². The zero-order valence-corrected chi connectivity index (χ0v) is 12.8. The number of hydrogen-bond donors (Lipinski definition) is 1. The molecule has 0 radical (unpaired) electrons. The van der Waals surface area contributed by atoms with Gasteiger partial charge in [-0.3, -0.25) is 4.68 Å². The van der Waals surface area contributed by atoms with Crippen molar-refractivity contribution in [2.45, 2.75) is 51.2 Å². The van der Waals surface area contributed by atoms with Crippen LogP contribution in [0, 0.1) is 5.92 Å². The maximum absolute atomic E-state index is 6.51. The monoisotopic (exact) mass is 285 g/mol. The predicted molar refractivity (Wildman–Crippen MR) is 77.1 cm³/mol. The van der Waals surface area contributed by atoms with Gasteiger partial charge >= 0.3 is 0 Å². The molecule has 2 N–H and O–H groups in total. The van der Waals surface area contributed by atoms with E-state index in [4.69, 9.17) is 22.1 Å². The lowest BCUT2D eigenvalue weighted by atomic mass is 9.74. The van der Waals surface area contributed by atoms with E-state index in [0.717, 1.165) is 37.3 Å². The molecule has 1 fully saturated rings. The van der Waals surface area contributed by atoms with E-state index < -0.39 is 0 Å². The van der Waals surface area contributed by atoms with Gasteiger partial charge in [-0.15, -0.1) is 0 Å². The molecule has 0 spiro atoms. The maximum Gasteiger partial charge on any atom is 0.0890 e. The van der Waals surface area contributed by atoms with Crippen molar-refractivity contribution in [1.29, 1.82) is 0 Å². The number of nitrogens with two attached hydrogens (primary N) is 1. The van der Waals surface area contributed by atoms with E-state index in [9.17, 15) is 0 Å². The van der Waals surface area contributed by atoms with Gasteiger partial charge in [0, 0.05) is 13.7 Å². The van der Waals surface area contributed by atoms with Crippen LogP contribution in [0.3, 0.4) is 0 Å². The molecule has 1 aromatic heterocycles. The molecule has 5 heteroatoms. The lowest BCUT2D eigenvalue weighted by Gasteiger charge is -2.43. The van der Waals surface area contributed by atoms with Gasteiger partial charge in [0.15, 0.2) is 0 Å². The fourth-order valence-corrected chi connectivity index (χ4v) is 3.39. The molecule has 0 bridgehead atoms. The molecule has 108 valence electrons. The highest BCUT2D eigenvalue weighted by Crippen LogP contribution is 2.43. The van der Waals surface area contributed by atoms with Crippen molar-refractivity contribution in [1.82, 2.24) is 9.78 Å². The average Bonchev–Trinajstić information content (AvgIpc) is 2.71. The topological polar surface area (TPSA) is 53.1 Å². The van der Waals surface area contributed by atoms with Crippen LogP contribution in [0.15, 0.2) is 6.20 Å². The molecule has 4 nitrogen and oxygen atoms in total. The lowest BCUT2D eigenvalue weighted by molar-refractivity contribution is -0.0910.